The van der Waals surface area contributed by atoms with Gasteiger partial charge in [-0.25, -0.2) is 4.39 Å². The zero-order chi connectivity index (χ0) is 12.3. The molecule has 1 unspecified atom stereocenters. The van der Waals surface area contributed by atoms with Crippen LogP contribution in [0.2, 0.25) is 0 Å². The van der Waals surface area contributed by atoms with Crippen molar-refractivity contribution in [1.82, 2.24) is 0 Å². The van der Waals surface area contributed by atoms with E-state index in [9.17, 15) is 4.39 Å². The Morgan fingerprint density at radius 1 is 1.38 bits per heavy atom. The van der Waals surface area contributed by atoms with Gasteiger partial charge in [-0.05, 0) is 36.6 Å². The maximum Gasteiger partial charge on any atom is 0.126 e. The van der Waals surface area contributed by atoms with Crippen molar-refractivity contribution >= 4 is 5.69 Å². The molecular formula is C13H21FN2. The van der Waals surface area contributed by atoms with Gasteiger partial charge in [-0.1, -0.05) is 13.8 Å². The molecule has 1 aromatic rings. The number of rotatable bonds is 4. The Bertz CT molecular complexity index is 350. The summed E-state index contributed by atoms with van der Waals surface area (Å²) in [5.41, 5.74) is 7.45. The van der Waals surface area contributed by atoms with Gasteiger partial charge in [0.25, 0.3) is 0 Å². The number of aryl methyl sites for hydroxylation is 1. The summed E-state index contributed by atoms with van der Waals surface area (Å²) in [5, 5.41) is 0. The summed E-state index contributed by atoms with van der Waals surface area (Å²) >= 11 is 0. The molecule has 3 heteroatoms. The van der Waals surface area contributed by atoms with Crippen LogP contribution in [0.5, 0.6) is 0 Å². The minimum absolute atomic E-state index is 0.161. The molecule has 0 spiro atoms. The van der Waals surface area contributed by atoms with Gasteiger partial charge in [0, 0.05) is 25.3 Å². The Labute approximate surface area is 97.3 Å². The third kappa shape index (κ3) is 2.73. The quantitative estimate of drug-likeness (QED) is 0.851. The second-order valence-electron chi connectivity index (χ2n) is 4.59. The van der Waals surface area contributed by atoms with Gasteiger partial charge in [-0.3, -0.25) is 0 Å². The molecule has 0 radical (unpaired) electrons. The molecule has 90 valence electrons. The van der Waals surface area contributed by atoms with Gasteiger partial charge in [0.1, 0.15) is 5.82 Å². The fourth-order valence-electron chi connectivity index (χ4n) is 1.92. The van der Waals surface area contributed by atoms with Crippen LogP contribution in [-0.2, 0) is 0 Å². The number of nitrogens with zero attached hydrogens (tertiary/aromatic N) is 1. The zero-order valence-corrected chi connectivity index (χ0v) is 10.5. The summed E-state index contributed by atoms with van der Waals surface area (Å²) in [6, 6.07) is 5.45. The number of hydrogen-bond acceptors (Lipinski definition) is 2. The van der Waals surface area contributed by atoms with E-state index in [0.717, 1.165) is 5.69 Å². The lowest BCUT2D eigenvalue weighted by molar-refractivity contribution is 0.479. The summed E-state index contributed by atoms with van der Waals surface area (Å²) in [6.07, 6.45) is 0. The molecule has 2 N–H and O–H groups in total. The highest BCUT2D eigenvalue weighted by Crippen LogP contribution is 2.21. The second-order valence-corrected chi connectivity index (χ2v) is 4.59. The van der Waals surface area contributed by atoms with E-state index in [0.29, 0.717) is 18.0 Å². The Morgan fingerprint density at radius 3 is 2.44 bits per heavy atom. The molecule has 0 fully saturated rings. The van der Waals surface area contributed by atoms with Gasteiger partial charge >= 0.3 is 0 Å². The van der Waals surface area contributed by atoms with E-state index >= 15 is 0 Å². The summed E-state index contributed by atoms with van der Waals surface area (Å²) in [5.74, 6) is 0.311. The van der Waals surface area contributed by atoms with Crippen LogP contribution in [0, 0.1) is 18.7 Å². The van der Waals surface area contributed by atoms with E-state index in [1.165, 1.54) is 6.07 Å². The van der Waals surface area contributed by atoms with Crippen LogP contribution in [0.3, 0.4) is 0 Å². The summed E-state index contributed by atoms with van der Waals surface area (Å²) in [4.78, 5) is 2.12. The fraction of sp³-hybridized carbons (Fsp3) is 0.538. The first-order valence-corrected chi connectivity index (χ1v) is 5.66. The van der Waals surface area contributed by atoms with Crippen LogP contribution < -0.4 is 10.6 Å². The largest absolute Gasteiger partial charge is 0.370 e. The van der Waals surface area contributed by atoms with Crippen LogP contribution in [0.25, 0.3) is 0 Å². The molecule has 0 heterocycles. The van der Waals surface area contributed by atoms with Gasteiger partial charge in [0.05, 0.1) is 0 Å². The van der Waals surface area contributed by atoms with Gasteiger partial charge in [0.2, 0.25) is 0 Å². The average Bonchev–Trinajstić information content (AvgIpc) is 2.22. The van der Waals surface area contributed by atoms with Crippen molar-refractivity contribution in [3.63, 3.8) is 0 Å². The molecule has 16 heavy (non-hydrogen) atoms. The van der Waals surface area contributed by atoms with Gasteiger partial charge in [-0.15, -0.1) is 0 Å². The van der Waals surface area contributed by atoms with Gasteiger partial charge in [-0.2, -0.15) is 0 Å². The van der Waals surface area contributed by atoms with E-state index in [1.54, 1.807) is 13.0 Å². The topological polar surface area (TPSA) is 29.3 Å². The predicted molar refractivity (Wildman–Crippen MR) is 67.2 cm³/mol. The van der Waals surface area contributed by atoms with E-state index in [2.05, 4.69) is 18.7 Å². The standard InChI is InChI=1S/C13H21FN2/c1-9(2)13(8-15)16(4)11-5-6-12(14)10(3)7-11/h5-7,9,13H,8,15H2,1-4H3. The van der Waals surface area contributed by atoms with Crippen LogP contribution in [0.4, 0.5) is 10.1 Å². The van der Waals surface area contributed by atoms with Crippen molar-refractivity contribution in [2.75, 3.05) is 18.5 Å². The van der Waals surface area contributed by atoms with Crippen LogP contribution in [0.1, 0.15) is 19.4 Å². The first-order valence-electron chi connectivity index (χ1n) is 5.66. The molecule has 2 nitrogen and oxygen atoms in total. The lowest BCUT2D eigenvalue weighted by atomic mass is 10.0. The van der Waals surface area contributed by atoms with Crippen molar-refractivity contribution in [1.29, 1.82) is 0 Å². The maximum atomic E-state index is 13.2. The first kappa shape index (κ1) is 13.0. The van der Waals surface area contributed by atoms with E-state index < -0.39 is 0 Å². The average molecular weight is 224 g/mol. The monoisotopic (exact) mass is 224 g/mol. The molecule has 1 atom stereocenters. The number of anilines is 1. The molecule has 1 aromatic carbocycles. The minimum Gasteiger partial charge on any atom is -0.370 e. The first-order chi connectivity index (χ1) is 7.47. The predicted octanol–water partition coefficient (Wildman–Crippen LogP) is 2.55. The summed E-state index contributed by atoms with van der Waals surface area (Å²) < 4.78 is 13.2. The third-order valence-electron chi connectivity index (χ3n) is 3.06. The van der Waals surface area contributed by atoms with Crippen molar-refractivity contribution in [3.8, 4) is 0 Å². The highest BCUT2D eigenvalue weighted by atomic mass is 19.1. The maximum absolute atomic E-state index is 13.2. The number of halogens is 1. The minimum atomic E-state index is -0.161. The fourth-order valence-corrected chi connectivity index (χ4v) is 1.92. The normalized spacial score (nSPS) is 12.9. The lowest BCUT2D eigenvalue weighted by Crippen LogP contribution is -2.41. The Kier molecular flexibility index (Phi) is 4.30. The van der Waals surface area contributed by atoms with Crippen LogP contribution in [0.15, 0.2) is 18.2 Å². The van der Waals surface area contributed by atoms with Crippen molar-refractivity contribution in [2.45, 2.75) is 26.8 Å². The Morgan fingerprint density at radius 2 is 2.00 bits per heavy atom. The zero-order valence-electron chi connectivity index (χ0n) is 10.5. The van der Waals surface area contributed by atoms with Gasteiger partial charge < -0.3 is 10.6 Å². The molecule has 0 aliphatic heterocycles. The molecule has 0 aliphatic carbocycles. The Balaban J connectivity index is 2.94. The number of nitrogens with two attached hydrogens (primary N) is 1. The molecule has 1 rings (SSSR count). The number of benzene rings is 1. The molecular weight excluding hydrogens is 203 g/mol. The highest BCUT2D eigenvalue weighted by Gasteiger charge is 2.17. The van der Waals surface area contributed by atoms with Crippen molar-refractivity contribution < 1.29 is 4.39 Å². The molecule has 0 bridgehead atoms. The smallest absolute Gasteiger partial charge is 0.126 e. The second kappa shape index (κ2) is 5.30. The van der Waals surface area contributed by atoms with Crippen LogP contribution in [-0.4, -0.2) is 19.6 Å². The molecule has 0 aromatic heterocycles. The highest BCUT2D eigenvalue weighted by molar-refractivity contribution is 5.49. The number of likely N-dealkylation sites (N-methyl/N-ethyl adjacent to an activating group) is 1. The van der Waals surface area contributed by atoms with E-state index in [-0.39, 0.29) is 11.9 Å². The van der Waals surface area contributed by atoms with Crippen molar-refractivity contribution in [2.24, 2.45) is 11.7 Å². The Hall–Kier alpha value is -1.09. The summed E-state index contributed by atoms with van der Waals surface area (Å²) in [6.45, 7) is 6.67. The SMILES string of the molecule is Cc1cc(N(C)C(CN)C(C)C)ccc1F. The van der Waals surface area contributed by atoms with Gasteiger partial charge in [0.15, 0.2) is 0 Å². The number of hydrogen-bond donors (Lipinski definition) is 1. The summed E-state index contributed by atoms with van der Waals surface area (Å²) in [7, 11) is 2.00. The molecule has 0 amide bonds. The lowest BCUT2D eigenvalue weighted by Gasteiger charge is -2.32. The van der Waals surface area contributed by atoms with Crippen molar-refractivity contribution in [3.05, 3.63) is 29.6 Å². The molecule has 0 saturated carbocycles. The van der Waals surface area contributed by atoms with Crippen LogP contribution >= 0.6 is 0 Å². The molecule has 0 saturated heterocycles. The van der Waals surface area contributed by atoms with E-state index in [4.69, 9.17) is 5.73 Å². The molecule has 0 aliphatic rings. The van der Waals surface area contributed by atoms with E-state index in [1.807, 2.05) is 13.1 Å². The third-order valence-corrected chi connectivity index (χ3v) is 3.06.